The number of ketones is 1. The molecule has 0 aromatic heterocycles. The van der Waals surface area contributed by atoms with Gasteiger partial charge in [-0.3, -0.25) is 4.79 Å². The highest BCUT2D eigenvalue weighted by Crippen LogP contribution is 2.09. The Hall–Kier alpha value is -1.46. The van der Waals surface area contributed by atoms with Gasteiger partial charge >= 0.3 is 0 Å². The molecule has 0 N–H and O–H groups in total. The lowest BCUT2D eigenvalue weighted by Gasteiger charge is -1.97. The van der Waals surface area contributed by atoms with Crippen molar-refractivity contribution < 1.29 is 4.79 Å². The van der Waals surface area contributed by atoms with Gasteiger partial charge in [0, 0.05) is 30.7 Å². The third-order valence-corrected chi connectivity index (χ3v) is 1.75. The minimum Gasteiger partial charge on any atom is -0.338 e. The number of benzene rings is 1. The summed E-state index contributed by atoms with van der Waals surface area (Å²) in [6.45, 7) is 0. The molecule has 0 saturated heterocycles. The zero-order chi connectivity index (χ0) is 10.6. The van der Waals surface area contributed by atoms with Crippen molar-refractivity contribution >= 4 is 17.4 Å². The fraction of sp³-hybridized carbons (Fsp3) is 0.182. The van der Waals surface area contributed by atoms with Gasteiger partial charge in [-0.15, -0.1) is 0 Å². The van der Waals surface area contributed by atoms with Gasteiger partial charge in [0.25, 0.3) is 0 Å². The van der Waals surface area contributed by atoms with Gasteiger partial charge in [-0.05, 0) is 30.2 Å². The SMILES string of the molecule is CN(C)C#CC(=O)c1ccc(Cl)cc1. The van der Waals surface area contributed by atoms with E-state index in [9.17, 15) is 4.79 Å². The average molecular weight is 208 g/mol. The third kappa shape index (κ3) is 3.12. The van der Waals surface area contributed by atoms with Crippen molar-refractivity contribution in [3.63, 3.8) is 0 Å². The maximum Gasteiger partial charge on any atom is 0.237 e. The molecule has 1 aromatic rings. The van der Waals surface area contributed by atoms with E-state index < -0.39 is 0 Å². The minimum atomic E-state index is -0.199. The number of carbonyl (C=O) groups excluding carboxylic acids is 1. The van der Waals surface area contributed by atoms with Crippen molar-refractivity contribution in [1.82, 2.24) is 4.90 Å². The molecule has 0 spiro atoms. The molecule has 0 saturated carbocycles. The van der Waals surface area contributed by atoms with Crippen LogP contribution in [0.4, 0.5) is 0 Å². The zero-order valence-electron chi connectivity index (χ0n) is 8.04. The van der Waals surface area contributed by atoms with E-state index in [2.05, 4.69) is 12.0 Å². The third-order valence-electron chi connectivity index (χ3n) is 1.50. The van der Waals surface area contributed by atoms with E-state index in [0.29, 0.717) is 10.6 Å². The Balaban J connectivity index is 2.82. The Morgan fingerprint density at radius 1 is 1.29 bits per heavy atom. The van der Waals surface area contributed by atoms with Crippen molar-refractivity contribution in [2.75, 3.05) is 14.1 Å². The maximum atomic E-state index is 11.4. The second kappa shape index (κ2) is 4.69. The molecule has 0 aliphatic heterocycles. The van der Waals surface area contributed by atoms with Crippen LogP contribution in [-0.4, -0.2) is 24.8 Å². The number of rotatable bonds is 1. The number of hydrogen-bond acceptors (Lipinski definition) is 2. The van der Waals surface area contributed by atoms with E-state index >= 15 is 0 Å². The molecule has 1 aromatic carbocycles. The highest BCUT2D eigenvalue weighted by atomic mass is 35.5. The van der Waals surface area contributed by atoms with Crippen LogP contribution in [-0.2, 0) is 0 Å². The van der Waals surface area contributed by atoms with E-state index in [1.54, 1.807) is 43.3 Å². The first-order chi connectivity index (χ1) is 6.59. The van der Waals surface area contributed by atoms with Crippen molar-refractivity contribution in [3.8, 4) is 12.0 Å². The zero-order valence-corrected chi connectivity index (χ0v) is 8.80. The fourth-order valence-electron chi connectivity index (χ4n) is 0.836. The minimum absolute atomic E-state index is 0.199. The van der Waals surface area contributed by atoms with Gasteiger partial charge in [-0.1, -0.05) is 11.6 Å². The summed E-state index contributed by atoms with van der Waals surface area (Å²) >= 11 is 5.69. The van der Waals surface area contributed by atoms with Crippen LogP contribution in [0.3, 0.4) is 0 Å². The number of hydrogen-bond donors (Lipinski definition) is 0. The quantitative estimate of drug-likeness (QED) is 0.399. The van der Waals surface area contributed by atoms with Crippen LogP contribution in [0.1, 0.15) is 10.4 Å². The highest BCUT2D eigenvalue weighted by molar-refractivity contribution is 6.30. The lowest BCUT2D eigenvalue weighted by atomic mass is 10.1. The average Bonchev–Trinajstić information content (AvgIpc) is 2.15. The summed E-state index contributed by atoms with van der Waals surface area (Å²) < 4.78 is 0. The highest BCUT2D eigenvalue weighted by Gasteiger charge is 2.00. The van der Waals surface area contributed by atoms with Crippen LogP contribution in [0.2, 0.25) is 5.02 Å². The van der Waals surface area contributed by atoms with E-state index in [1.807, 2.05) is 0 Å². The molecular weight excluding hydrogens is 198 g/mol. The lowest BCUT2D eigenvalue weighted by molar-refractivity contribution is 0.105. The molecule has 0 heterocycles. The molecule has 0 aliphatic carbocycles. The van der Waals surface area contributed by atoms with Crippen molar-refractivity contribution in [1.29, 1.82) is 0 Å². The molecule has 0 radical (unpaired) electrons. The van der Waals surface area contributed by atoms with E-state index in [1.165, 1.54) is 0 Å². The molecule has 1 rings (SSSR count). The summed E-state index contributed by atoms with van der Waals surface area (Å²) in [5, 5.41) is 0.613. The Morgan fingerprint density at radius 3 is 2.36 bits per heavy atom. The molecular formula is C11H10ClNO. The van der Waals surface area contributed by atoms with Crippen LogP contribution in [0.25, 0.3) is 0 Å². The van der Waals surface area contributed by atoms with Gasteiger partial charge in [-0.25, -0.2) is 0 Å². The second-order valence-corrected chi connectivity index (χ2v) is 3.40. The summed E-state index contributed by atoms with van der Waals surface area (Å²) in [4.78, 5) is 13.0. The molecule has 72 valence electrons. The number of halogens is 1. The fourth-order valence-corrected chi connectivity index (χ4v) is 0.962. The monoisotopic (exact) mass is 207 g/mol. The van der Waals surface area contributed by atoms with Crippen LogP contribution in [0.5, 0.6) is 0 Å². The number of carbonyl (C=O) groups is 1. The topological polar surface area (TPSA) is 20.3 Å². The summed E-state index contributed by atoms with van der Waals surface area (Å²) in [7, 11) is 3.56. The van der Waals surface area contributed by atoms with Crippen molar-refractivity contribution in [3.05, 3.63) is 34.9 Å². The summed E-state index contributed by atoms with van der Waals surface area (Å²) in [5.41, 5.74) is 0.559. The molecule has 0 aliphatic rings. The van der Waals surface area contributed by atoms with Gasteiger partial charge in [0.2, 0.25) is 5.78 Å². The van der Waals surface area contributed by atoms with Crippen LogP contribution >= 0.6 is 11.6 Å². The van der Waals surface area contributed by atoms with E-state index in [0.717, 1.165) is 0 Å². The first-order valence-electron chi connectivity index (χ1n) is 4.08. The van der Waals surface area contributed by atoms with Crippen LogP contribution in [0, 0.1) is 12.0 Å². The van der Waals surface area contributed by atoms with Gasteiger partial charge in [-0.2, -0.15) is 0 Å². The van der Waals surface area contributed by atoms with E-state index in [-0.39, 0.29) is 5.78 Å². The molecule has 0 atom stereocenters. The molecule has 3 heteroatoms. The summed E-state index contributed by atoms with van der Waals surface area (Å²) in [6, 6.07) is 9.33. The van der Waals surface area contributed by atoms with Crippen LogP contribution in [0.15, 0.2) is 24.3 Å². The molecule has 2 nitrogen and oxygen atoms in total. The summed E-state index contributed by atoms with van der Waals surface area (Å²) in [5.74, 6) is 2.31. The normalized spacial score (nSPS) is 8.79. The van der Waals surface area contributed by atoms with Gasteiger partial charge < -0.3 is 4.90 Å². The molecule has 0 fully saturated rings. The Labute approximate surface area is 88.5 Å². The number of nitrogens with zero attached hydrogens (tertiary/aromatic N) is 1. The van der Waals surface area contributed by atoms with Gasteiger partial charge in [0.1, 0.15) is 0 Å². The largest absolute Gasteiger partial charge is 0.338 e. The molecule has 0 unspecified atom stereocenters. The van der Waals surface area contributed by atoms with Crippen molar-refractivity contribution in [2.24, 2.45) is 0 Å². The van der Waals surface area contributed by atoms with Crippen LogP contribution < -0.4 is 0 Å². The second-order valence-electron chi connectivity index (χ2n) is 2.97. The smallest absolute Gasteiger partial charge is 0.237 e. The first kappa shape index (κ1) is 10.6. The molecule has 0 amide bonds. The predicted molar refractivity (Wildman–Crippen MR) is 57.2 cm³/mol. The predicted octanol–water partition coefficient (Wildman–Crippen LogP) is 2.05. The summed E-state index contributed by atoms with van der Waals surface area (Å²) in [6.07, 6.45) is 0. The Morgan fingerprint density at radius 2 is 1.86 bits per heavy atom. The maximum absolute atomic E-state index is 11.4. The first-order valence-corrected chi connectivity index (χ1v) is 4.46. The van der Waals surface area contributed by atoms with Gasteiger partial charge in [0.15, 0.2) is 0 Å². The number of Topliss-reactive ketones (excluding diaryl/α,β-unsaturated/α-hetero) is 1. The lowest BCUT2D eigenvalue weighted by Crippen LogP contribution is -2.03. The van der Waals surface area contributed by atoms with E-state index in [4.69, 9.17) is 11.6 Å². The molecule has 14 heavy (non-hydrogen) atoms. The molecule has 0 bridgehead atoms. The van der Waals surface area contributed by atoms with Crippen molar-refractivity contribution in [2.45, 2.75) is 0 Å². The van der Waals surface area contributed by atoms with Gasteiger partial charge in [0.05, 0.1) is 0 Å². The Bertz CT molecular complexity index is 384. The Kier molecular flexibility index (Phi) is 3.55. The standard InChI is InChI=1S/C11H10ClNO/c1-13(2)8-7-11(14)9-3-5-10(12)6-4-9/h3-6H,1-2H3.